The number of nitrogens with two attached hydrogens (primary N) is 1. The summed E-state index contributed by atoms with van der Waals surface area (Å²) in [5.74, 6) is -0.266. The molecule has 2 aliphatic rings. The van der Waals surface area contributed by atoms with Gasteiger partial charge in [-0.1, -0.05) is 0 Å². The number of nitrogens with one attached hydrogen (secondary N) is 1. The molecular weight excluding hydrogens is 384 g/mol. The Kier molecular flexibility index (Phi) is 7.29. The van der Waals surface area contributed by atoms with Crippen LogP contribution in [0.3, 0.4) is 0 Å². The lowest BCUT2D eigenvalue weighted by atomic mass is 10.1. The van der Waals surface area contributed by atoms with Gasteiger partial charge in [-0.25, -0.2) is 4.99 Å². The first kappa shape index (κ1) is 21.6. The van der Waals surface area contributed by atoms with Gasteiger partial charge in [0.05, 0.1) is 18.9 Å². The molecule has 30 heavy (non-hydrogen) atoms. The van der Waals surface area contributed by atoms with Crippen LogP contribution in [0.15, 0.2) is 34.3 Å². The molecule has 3 N–H and O–H groups in total. The Balaban J connectivity index is 1.80. The summed E-state index contributed by atoms with van der Waals surface area (Å²) < 4.78 is 5.28. The topological polar surface area (TPSA) is 124 Å². The Hall–Kier alpha value is -3.07. The van der Waals surface area contributed by atoms with Crippen molar-refractivity contribution < 1.29 is 14.3 Å². The van der Waals surface area contributed by atoms with Crippen molar-refractivity contribution >= 4 is 34.9 Å². The number of aliphatic imine (C=N–C) groups is 2. The quantitative estimate of drug-likeness (QED) is 0.574. The number of ether oxygens (including phenoxy) is 1. The van der Waals surface area contributed by atoms with Crippen LogP contribution in [0.4, 0.5) is 5.69 Å². The molecule has 2 fully saturated rings. The van der Waals surface area contributed by atoms with Crippen LogP contribution < -0.4 is 5.73 Å². The van der Waals surface area contributed by atoms with E-state index in [-0.39, 0.29) is 23.4 Å². The van der Waals surface area contributed by atoms with Crippen molar-refractivity contribution in [1.82, 2.24) is 9.80 Å². The zero-order valence-corrected chi connectivity index (χ0v) is 17.3. The van der Waals surface area contributed by atoms with E-state index in [4.69, 9.17) is 15.9 Å². The largest absolute Gasteiger partial charge is 0.378 e. The zero-order chi connectivity index (χ0) is 21.5. The number of amides is 1. The minimum Gasteiger partial charge on any atom is -0.378 e. The summed E-state index contributed by atoms with van der Waals surface area (Å²) >= 11 is 0. The van der Waals surface area contributed by atoms with E-state index in [0.717, 1.165) is 32.4 Å². The fraction of sp³-hybridized carbons (Fsp3) is 0.476. The lowest BCUT2D eigenvalue weighted by molar-refractivity contribution is -0.110. The molecule has 0 unspecified atom stereocenters. The Morgan fingerprint density at radius 1 is 1.00 bits per heavy atom. The van der Waals surface area contributed by atoms with E-state index in [1.807, 2.05) is 4.90 Å². The fourth-order valence-electron chi connectivity index (χ4n) is 3.35. The van der Waals surface area contributed by atoms with Gasteiger partial charge in [0.2, 0.25) is 0 Å². The molecule has 1 amide bonds. The highest BCUT2D eigenvalue weighted by Crippen LogP contribution is 2.16. The van der Waals surface area contributed by atoms with Crippen LogP contribution in [-0.4, -0.2) is 78.4 Å². The molecule has 1 aromatic rings. The van der Waals surface area contributed by atoms with Gasteiger partial charge in [-0.2, -0.15) is 4.99 Å². The van der Waals surface area contributed by atoms with Gasteiger partial charge < -0.3 is 20.3 Å². The first-order valence-corrected chi connectivity index (χ1v) is 10.2. The van der Waals surface area contributed by atoms with Crippen LogP contribution in [0.1, 0.15) is 36.5 Å². The van der Waals surface area contributed by atoms with E-state index in [1.165, 1.54) is 6.92 Å². The number of nitrogens with zero attached hydrogens (tertiary/aromatic N) is 4. The minimum atomic E-state index is -0.442. The first-order valence-electron chi connectivity index (χ1n) is 10.2. The molecule has 0 bridgehead atoms. The first-order chi connectivity index (χ1) is 14.5. The average molecular weight is 412 g/mol. The smallest absolute Gasteiger partial charge is 0.254 e. The summed E-state index contributed by atoms with van der Waals surface area (Å²) in [7, 11) is 0. The Morgan fingerprint density at radius 2 is 1.63 bits per heavy atom. The summed E-state index contributed by atoms with van der Waals surface area (Å²) in [5, 5.41) is 8.07. The summed E-state index contributed by atoms with van der Waals surface area (Å²) in [4.78, 5) is 36.7. The monoisotopic (exact) mass is 412 g/mol. The zero-order valence-electron chi connectivity index (χ0n) is 17.3. The van der Waals surface area contributed by atoms with Gasteiger partial charge in [0.25, 0.3) is 5.91 Å². The lowest BCUT2D eigenvalue weighted by Gasteiger charge is -2.27. The highest BCUT2D eigenvalue weighted by molar-refractivity contribution is 6.66. The number of likely N-dealkylation sites (tertiary alicyclic amines) is 1. The fourth-order valence-corrected chi connectivity index (χ4v) is 3.35. The lowest BCUT2D eigenvalue weighted by Crippen LogP contribution is -2.41. The van der Waals surface area contributed by atoms with E-state index >= 15 is 0 Å². The highest BCUT2D eigenvalue weighted by atomic mass is 16.5. The van der Waals surface area contributed by atoms with E-state index in [9.17, 15) is 9.59 Å². The Bertz CT molecular complexity index is 850. The van der Waals surface area contributed by atoms with Gasteiger partial charge >= 0.3 is 0 Å². The second-order valence-corrected chi connectivity index (χ2v) is 7.34. The summed E-state index contributed by atoms with van der Waals surface area (Å²) in [5.41, 5.74) is 6.85. The van der Waals surface area contributed by atoms with Gasteiger partial charge in [-0.05, 0) is 43.5 Å². The molecule has 9 heteroatoms. The van der Waals surface area contributed by atoms with Crippen LogP contribution in [0.5, 0.6) is 0 Å². The van der Waals surface area contributed by atoms with Crippen molar-refractivity contribution in [3.8, 4) is 0 Å². The number of ketones is 1. The molecule has 0 atom stereocenters. The molecule has 2 heterocycles. The number of carbonyl (C=O) groups is 2. The maximum absolute atomic E-state index is 12.6. The third-order valence-electron chi connectivity index (χ3n) is 5.12. The molecule has 0 spiro atoms. The molecule has 2 saturated heterocycles. The van der Waals surface area contributed by atoms with Crippen LogP contribution in [0.25, 0.3) is 0 Å². The predicted octanol–water partition coefficient (Wildman–Crippen LogP) is 1.60. The summed E-state index contributed by atoms with van der Waals surface area (Å²) in [6, 6.07) is 6.72. The van der Waals surface area contributed by atoms with Crippen molar-refractivity contribution in [3.05, 3.63) is 29.8 Å². The second-order valence-electron chi connectivity index (χ2n) is 7.34. The third kappa shape index (κ3) is 5.50. The molecule has 0 aromatic heterocycles. The number of hydrogen-bond donors (Lipinski definition) is 2. The number of morpholine rings is 1. The van der Waals surface area contributed by atoms with E-state index in [0.29, 0.717) is 37.6 Å². The maximum Gasteiger partial charge on any atom is 0.254 e. The van der Waals surface area contributed by atoms with E-state index in [2.05, 4.69) is 9.98 Å². The van der Waals surface area contributed by atoms with Crippen LogP contribution in [-0.2, 0) is 9.53 Å². The number of guanidine groups is 1. The molecule has 9 nitrogen and oxygen atoms in total. The molecular formula is C21H28N6O3. The SMILES string of the molecule is CC(=O)C(=N)C(=Nc1ccc(C(=O)N2CCOCC2)cc1)N=C(N)N1CCCCC1. The number of benzene rings is 1. The van der Waals surface area contributed by atoms with Crippen LogP contribution in [0, 0.1) is 5.41 Å². The molecule has 3 rings (SSSR count). The molecule has 0 saturated carbocycles. The van der Waals surface area contributed by atoms with Crippen molar-refractivity contribution in [2.45, 2.75) is 26.2 Å². The van der Waals surface area contributed by atoms with Crippen molar-refractivity contribution in [2.75, 3.05) is 39.4 Å². The van der Waals surface area contributed by atoms with Gasteiger partial charge in [-0.3, -0.25) is 15.0 Å². The van der Waals surface area contributed by atoms with Crippen molar-refractivity contribution in [1.29, 1.82) is 5.41 Å². The molecule has 0 aliphatic carbocycles. The summed E-state index contributed by atoms with van der Waals surface area (Å²) in [6.45, 7) is 5.13. The van der Waals surface area contributed by atoms with Crippen LogP contribution in [0.2, 0.25) is 0 Å². The van der Waals surface area contributed by atoms with E-state index < -0.39 is 5.78 Å². The van der Waals surface area contributed by atoms with Gasteiger partial charge in [-0.15, -0.1) is 0 Å². The molecule has 160 valence electrons. The number of amidine groups is 1. The minimum absolute atomic E-state index is 0.0298. The third-order valence-corrected chi connectivity index (χ3v) is 5.12. The number of hydrogen-bond acceptors (Lipinski definition) is 5. The van der Waals surface area contributed by atoms with Gasteiger partial charge in [0.15, 0.2) is 17.6 Å². The normalized spacial score (nSPS) is 18.3. The second kappa shape index (κ2) is 10.1. The van der Waals surface area contributed by atoms with Crippen molar-refractivity contribution in [2.24, 2.45) is 15.7 Å². The molecule has 0 radical (unpaired) electrons. The number of rotatable bonds is 4. The average Bonchev–Trinajstić information content (AvgIpc) is 2.79. The number of carbonyl (C=O) groups excluding carboxylic acids is 2. The Morgan fingerprint density at radius 3 is 2.23 bits per heavy atom. The van der Waals surface area contributed by atoms with E-state index in [1.54, 1.807) is 29.2 Å². The molecule has 2 aliphatic heterocycles. The number of Topliss-reactive ketones (excluding diaryl/α,β-unsaturated/α-hetero) is 1. The number of piperidine rings is 1. The standard InChI is InChI=1S/C21H28N6O3/c1-15(28)18(22)19(25-21(23)27-9-3-2-4-10-27)24-17-7-5-16(6-8-17)20(29)26-11-13-30-14-12-26/h5-8,22H,2-4,9-14H2,1H3,(H2,23,24,25). The maximum atomic E-state index is 12.6. The van der Waals surface area contributed by atoms with Crippen LogP contribution >= 0.6 is 0 Å². The summed E-state index contributed by atoms with van der Waals surface area (Å²) in [6.07, 6.45) is 3.22. The van der Waals surface area contributed by atoms with Gasteiger partial charge in [0.1, 0.15) is 5.71 Å². The Labute approximate surface area is 176 Å². The van der Waals surface area contributed by atoms with Crippen molar-refractivity contribution in [3.63, 3.8) is 0 Å². The highest BCUT2D eigenvalue weighted by Gasteiger charge is 2.19. The van der Waals surface area contributed by atoms with Gasteiger partial charge in [0, 0.05) is 38.7 Å². The molecule has 1 aromatic carbocycles. The predicted molar refractivity (Wildman–Crippen MR) is 116 cm³/mol.